The first-order valence-corrected chi connectivity index (χ1v) is 6.05. The maximum Gasteiger partial charge on any atom is 1.00 e. The first-order chi connectivity index (χ1) is 7.72. The molecule has 0 heterocycles. The molecule has 0 atom stereocenters. The molecule has 0 unspecified atom stereocenters. The van der Waals surface area contributed by atoms with E-state index < -0.39 is 0 Å². The molecular formula is C15H19FKO-. The third kappa shape index (κ3) is 3.37. The molecule has 0 amide bonds. The van der Waals surface area contributed by atoms with Crippen LogP contribution in [0.5, 0.6) is 5.75 Å². The average molecular weight is 273 g/mol. The first-order valence-electron chi connectivity index (χ1n) is 6.05. The van der Waals surface area contributed by atoms with Crippen molar-refractivity contribution in [2.75, 3.05) is 0 Å². The second-order valence-electron chi connectivity index (χ2n) is 5.23. The summed E-state index contributed by atoms with van der Waals surface area (Å²) in [6.07, 6.45) is 5.17. The van der Waals surface area contributed by atoms with E-state index in [1.165, 1.54) is 18.9 Å². The van der Waals surface area contributed by atoms with Crippen molar-refractivity contribution in [2.45, 2.75) is 38.7 Å². The summed E-state index contributed by atoms with van der Waals surface area (Å²) in [5, 5.41) is 0. The van der Waals surface area contributed by atoms with Crippen LogP contribution < -0.4 is 56.1 Å². The monoisotopic (exact) mass is 273 g/mol. The van der Waals surface area contributed by atoms with Gasteiger partial charge in [0.15, 0.2) is 0 Å². The van der Waals surface area contributed by atoms with Crippen molar-refractivity contribution in [1.82, 2.24) is 0 Å². The molecule has 3 aliphatic rings. The van der Waals surface area contributed by atoms with E-state index in [0.717, 1.165) is 30.2 Å². The smallest absolute Gasteiger partial charge is 0.513 e. The van der Waals surface area contributed by atoms with Gasteiger partial charge in [-0.3, -0.25) is 4.39 Å². The summed E-state index contributed by atoms with van der Waals surface area (Å²) >= 11 is 0. The van der Waals surface area contributed by atoms with Gasteiger partial charge in [0.1, 0.15) is 0 Å². The topological polar surface area (TPSA) is 9.23 Å². The van der Waals surface area contributed by atoms with Gasteiger partial charge in [0, 0.05) is 11.6 Å². The van der Waals surface area contributed by atoms with E-state index in [1.807, 2.05) is 6.92 Å². The van der Waals surface area contributed by atoms with Crippen LogP contribution in [0, 0.1) is 38.1 Å². The number of aryl methyl sites for hydroxylation is 1. The molecule has 18 heavy (non-hydrogen) atoms. The average Bonchev–Trinajstić information content (AvgIpc) is 2.23. The van der Waals surface area contributed by atoms with Gasteiger partial charge >= 0.3 is 51.4 Å². The predicted molar refractivity (Wildman–Crippen MR) is 66.3 cm³/mol. The van der Waals surface area contributed by atoms with Crippen LogP contribution in [0.25, 0.3) is 0 Å². The second kappa shape index (κ2) is 6.84. The summed E-state index contributed by atoms with van der Waals surface area (Å²) in [6, 6.07) is 5.90. The number of fused-ring (bicyclic) bond motifs is 2. The van der Waals surface area contributed by atoms with Gasteiger partial charge in [-0.2, -0.15) is 12.1 Å². The molecule has 0 aromatic heterocycles. The summed E-state index contributed by atoms with van der Waals surface area (Å²) in [7, 11) is 0. The summed E-state index contributed by atoms with van der Waals surface area (Å²) in [6.45, 7) is 1.87. The van der Waals surface area contributed by atoms with Crippen LogP contribution in [0.3, 0.4) is 0 Å². The summed E-state index contributed by atoms with van der Waals surface area (Å²) in [5.41, 5.74) is 0.847. The zero-order valence-electron chi connectivity index (χ0n) is 11.5. The van der Waals surface area contributed by atoms with Gasteiger partial charge < -0.3 is 12.2 Å². The van der Waals surface area contributed by atoms with Crippen molar-refractivity contribution < 1.29 is 60.5 Å². The van der Waals surface area contributed by atoms with Crippen molar-refractivity contribution in [1.29, 1.82) is 0 Å². The maximum absolute atomic E-state index is 13.6. The van der Waals surface area contributed by atoms with Gasteiger partial charge in [0.2, 0.25) is 0 Å². The number of benzene rings is 1. The van der Waals surface area contributed by atoms with Crippen molar-refractivity contribution in [3.8, 4) is 5.75 Å². The fourth-order valence-corrected chi connectivity index (χ4v) is 3.07. The quantitative estimate of drug-likeness (QED) is 0.576. The zero-order chi connectivity index (χ0) is 11.1. The van der Waals surface area contributed by atoms with Gasteiger partial charge in [-0.1, -0.05) is 6.92 Å². The van der Waals surface area contributed by atoms with Gasteiger partial charge in [0.05, 0.1) is 6.10 Å². The van der Waals surface area contributed by atoms with Crippen LogP contribution in [-0.2, 0) is 0 Å². The Morgan fingerprint density at radius 2 is 1.78 bits per heavy atom. The fraction of sp³-hybridized carbons (Fsp3) is 0.533. The Hall–Kier alpha value is 0.586. The first kappa shape index (κ1) is 16.6. The van der Waals surface area contributed by atoms with E-state index in [-0.39, 0.29) is 70.7 Å². The fourth-order valence-electron chi connectivity index (χ4n) is 3.07. The molecule has 2 bridgehead atoms. The summed E-state index contributed by atoms with van der Waals surface area (Å²) < 4.78 is 19.4. The second-order valence-corrected chi connectivity index (χ2v) is 5.23. The number of ether oxygens (including phenoxy) is 1. The summed E-state index contributed by atoms with van der Waals surface area (Å²) in [5.74, 6) is 1.83. The minimum absolute atomic E-state index is 0. The van der Waals surface area contributed by atoms with Crippen molar-refractivity contribution >= 4 is 0 Å². The molecule has 0 aliphatic heterocycles. The Balaban J connectivity index is 0.000000810. The minimum atomic E-state index is -0.278. The normalized spacial score (nSPS) is 28.4. The molecule has 1 nitrogen and oxygen atoms in total. The van der Waals surface area contributed by atoms with Crippen LogP contribution in [0.1, 0.15) is 31.2 Å². The number of hydrogen-bond donors (Lipinski definition) is 0. The Labute approximate surface area is 152 Å². The third-order valence-electron chi connectivity index (χ3n) is 3.90. The largest absolute Gasteiger partial charge is 1.00 e. The van der Waals surface area contributed by atoms with E-state index in [0.29, 0.717) is 5.75 Å². The minimum Gasteiger partial charge on any atom is -0.513 e. The van der Waals surface area contributed by atoms with Gasteiger partial charge in [-0.15, -0.1) is 11.6 Å². The van der Waals surface area contributed by atoms with Gasteiger partial charge in [-0.05, 0) is 37.5 Å². The standard InChI is InChI=1S/C14H16FO.CH3.K/c1-9-3-2-4-13(15)14(9)16-12-7-10-5-11(6-10)8-12;;/h3-4,10-12H,5-8H2,1H3;1H3;/q2*-1;+1. The number of rotatable bonds is 2. The van der Waals surface area contributed by atoms with Crippen LogP contribution in [0.2, 0.25) is 0 Å². The molecule has 1 aromatic carbocycles. The van der Waals surface area contributed by atoms with E-state index in [2.05, 4.69) is 6.07 Å². The molecule has 3 fully saturated rings. The molecule has 94 valence electrons. The molecule has 0 N–H and O–H groups in total. The number of halogens is 1. The molecule has 3 heteroatoms. The predicted octanol–water partition coefficient (Wildman–Crippen LogP) is 0.956. The van der Waals surface area contributed by atoms with E-state index in [4.69, 9.17) is 4.74 Å². The maximum atomic E-state index is 13.6. The Kier molecular flexibility index (Phi) is 6.33. The van der Waals surface area contributed by atoms with Crippen molar-refractivity contribution in [3.63, 3.8) is 0 Å². The Morgan fingerprint density at radius 1 is 1.17 bits per heavy atom. The van der Waals surface area contributed by atoms with Crippen molar-refractivity contribution in [3.05, 3.63) is 37.0 Å². The van der Waals surface area contributed by atoms with Crippen LogP contribution >= 0.6 is 0 Å². The molecule has 0 spiro atoms. The Bertz CT molecular complexity index is 371. The van der Waals surface area contributed by atoms with Crippen molar-refractivity contribution in [2.24, 2.45) is 11.8 Å². The Morgan fingerprint density at radius 3 is 2.33 bits per heavy atom. The van der Waals surface area contributed by atoms with Crippen LogP contribution in [-0.4, -0.2) is 6.10 Å². The molecular weight excluding hydrogens is 254 g/mol. The summed E-state index contributed by atoms with van der Waals surface area (Å²) in [4.78, 5) is 0. The zero-order valence-corrected chi connectivity index (χ0v) is 14.6. The van der Waals surface area contributed by atoms with Crippen LogP contribution in [0.4, 0.5) is 4.39 Å². The van der Waals surface area contributed by atoms with Gasteiger partial charge in [0.25, 0.3) is 0 Å². The SMILES string of the molecule is Cc1c[c-]cc(F)c1OC1CC2CC(C2)C1.[CH3-].[K+]. The molecule has 1 aromatic rings. The van der Waals surface area contributed by atoms with Gasteiger partial charge in [-0.25, -0.2) is 0 Å². The molecule has 0 radical (unpaired) electrons. The van der Waals surface area contributed by atoms with E-state index in [1.54, 1.807) is 6.07 Å². The third-order valence-corrected chi connectivity index (χ3v) is 3.90. The van der Waals surface area contributed by atoms with Crippen LogP contribution in [0.15, 0.2) is 12.1 Å². The number of hydrogen-bond acceptors (Lipinski definition) is 1. The molecule has 3 aliphatic carbocycles. The molecule has 0 saturated heterocycles. The van der Waals surface area contributed by atoms with E-state index in [9.17, 15) is 4.39 Å². The molecule has 4 rings (SSSR count). The molecule has 3 saturated carbocycles. The van der Waals surface area contributed by atoms with E-state index >= 15 is 0 Å².